The predicted octanol–water partition coefficient (Wildman–Crippen LogP) is 1.56. The Hall–Kier alpha value is -2.02. The highest BCUT2D eigenvalue weighted by Gasteiger charge is 2.14. The van der Waals surface area contributed by atoms with E-state index in [4.69, 9.17) is 10.5 Å². The first-order valence-corrected chi connectivity index (χ1v) is 6.17. The Morgan fingerprint density at radius 1 is 1.35 bits per heavy atom. The number of ether oxygens (including phenoxy) is 1. The van der Waals surface area contributed by atoms with E-state index in [1.54, 1.807) is 20.2 Å². The van der Waals surface area contributed by atoms with Gasteiger partial charge in [-0.25, -0.2) is 8.78 Å². The monoisotopic (exact) mass is 282 g/mol. The van der Waals surface area contributed by atoms with Crippen LogP contribution < -0.4 is 10.5 Å². The van der Waals surface area contributed by atoms with Gasteiger partial charge in [0.2, 0.25) is 0 Å². The van der Waals surface area contributed by atoms with Gasteiger partial charge in [0.25, 0.3) is 0 Å². The zero-order valence-corrected chi connectivity index (χ0v) is 11.3. The van der Waals surface area contributed by atoms with Crippen LogP contribution in [0.5, 0.6) is 5.75 Å². The second kappa shape index (κ2) is 5.96. The van der Waals surface area contributed by atoms with Crippen LogP contribution in [0.3, 0.4) is 0 Å². The third kappa shape index (κ3) is 3.51. The summed E-state index contributed by atoms with van der Waals surface area (Å²) in [6.45, 7) is 1.72. The number of hydrogen-bond acceptors (Lipinski definition) is 4. The molecule has 0 aliphatic heterocycles. The van der Waals surface area contributed by atoms with Crippen LogP contribution in [0.2, 0.25) is 0 Å². The molecule has 0 bridgehead atoms. The Morgan fingerprint density at radius 3 is 2.50 bits per heavy atom. The molecule has 1 aromatic heterocycles. The second-order valence-corrected chi connectivity index (χ2v) is 4.74. The molecule has 2 rings (SSSR count). The third-order valence-corrected chi connectivity index (χ3v) is 2.63. The van der Waals surface area contributed by atoms with E-state index in [1.807, 2.05) is 0 Å². The molecule has 0 spiro atoms. The van der Waals surface area contributed by atoms with E-state index < -0.39 is 17.4 Å². The van der Waals surface area contributed by atoms with Gasteiger partial charge in [0.1, 0.15) is 12.3 Å². The molecule has 0 aliphatic carbocycles. The molecule has 1 unspecified atom stereocenters. The highest BCUT2D eigenvalue weighted by atomic mass is 19.1. The lowest BCUT2D eigenvalue weighted by molar-refractivity contribution is 0.269. The second-order valence-electron chi connectivity index (χ2n) is 4.74. The van der Waals surface area contributed by atoms with Crippen LogP contribution >= 0.6 is 0 Å². The molecule has 2 aromatic rings. The molecule has 108 valence electrons. The number of hydrogen-bond donors (Lipinski definition) is 1. The zero-order valence-electron chi connectivity index (χ0n) is 11.3. The van der Waals surface area contributed by atoms with Crippen LogP contribution in [-0.4, -0.2) is 21.0 Å². The predicted molar refractivity (Wildman–Crippen MR) is 69.0 cm³/mol. The van der Waals surface area contributed by atoms with Gasteiger partial charge in [0, 0.05) is 13.1 Å². The van der Waals surface area contributed by atoms with E-state index in [1.165, 1.54) is 16.8 Å². The number of aromatic nitrogens is 3. The standard InChI is InChI=1S/C13H16F2N4O/c1-8(16)3-9-4-11(14)13(12(15)5-9)20-7-10-6-19(2)18-17-10/h4-6,8H,3,7,16H2,1-2H3. The number of halogens is 2. The Bertz CT molecular complexity index is 575. The van der Waals surface area contributed by atoms with Crippen molar-refractivity contribution in [2.75, 3.05) is 0 Å². The lowest BCUT2D eigenvalue weighted by atomic mass is 10.1. The summed E-state index contributed by atoms with van der Waals surface area (Å²) in [5.41, 5.74) is 6.60. The van der Waals surface area contributed by atoms with E-state index in [0.29, 0.717) is 17.7 Å². The van der Waals surface area contributed by atoms with Crippen molar-refractivity contribution in [3.05, 3.63) is 41.2 Å². The minimum Gasteiger partial charge on any atom is -0.481 e. The Kier molecular flexibility index (Phi) is 4.29. The summed E-state index contributed by atoms with van der Waals surface area (Å²) in [7, 11) is 1.69. The summed E-state index contributed by atoms with van der Waals surface area (Å²) in [6.07, 6.45) is 2.01. The molecule has 1 heterocycles. The molecule has 0 saturated carbocycles. The molecule has 5 nitrogen and oxygen atoms in total. The largest absolute Gasteiger partial charge is 0.481 e. The van der Waals surface area contributed by atoms with Crippen molar-refractivity contribution in [1.29, 1.82) is 0 Å². The van der Waals surface area contributed by atoms with E-state index in [0.717, 1.165) is 0 Å². The fraction of sp³-hybridized carbons (Fsp3) is 0.385. The first-order chi connectivity index (χ1) is 9.45. The van der Waals surface area contributed by atoms with Crippen molar-refractivity contribution in [1.82, 2.24) is 15.0 Å². The van der Waals surface area contributed by atoms with Gasteiger partial charge in [-0.3, -0.25) is 4.68 Å². The van der Waals surface area contributed by atoms with E-state index in [2.05, 4.69) is 10.3 Å². The average Bonchev–Trinajstić information content (AvgIpc) is 2.73. The molecular formula is C13H16F2N4O. The topological polar surface area (TPSA) is 66.0 Å². The van der Waals surface area contributed by atoms with Gasteiger partial charge in [-0.2, -0.15) is 0 Å². The lowest BCUT2D eigenvalue weighted by Gasteiger charge is -2.10. The summed E-state index contributed by atoms with van der Waals surface area (Å²) < 4.78 is 34.3. The maximum atomic E-state index is 13.8. The lowest BCUT2D eigenvalue weighted by Crippen LogP contribution is -2.18. The van der Waals surface area contributed by atoms with Crippen molar-refractivity contribution in [3.8, 4) is 5.75 Å². The number of rotatable bonds is 5. The van der Waals surface area contributed by atoms with Crippen molar-refractivity contribution in [3.63, 3.8) is 0 Å². The van der Waals surface area contributed by atoms with Crippen LogP contribution in [0.25, 0.3) is 0 Å². The molecule has 0 aliphatic rings. The highest BCUT2D eigenvalue weighted by molar-refractivity contribution is 5.31. The molecule has 1 aromatic carbocycles. The van der Waals surface area contributed by atoms with Gasteiger partial charge in [-0.05, 0) is 31.0 Å². The minimum absolute atomic E-state index is 0.0473. The quantitative estimate of drug-likeness (QED) is 0.904. The first-order valence-electron chi connectivity index (χ1n) is 6.17. The van der Waals surface area contributed by atoms with Crippen molar-refractivity contribution >= 4 is 0 Å². The van der Waals surface area contributed by atoms with Crippen LogP contribution in [0, 0.1) is 11.6 Å². The van der Waals surface area contributed by atoms with Crippen LogP contribution in [0.4, 0.5) is 8.78 Å². The van der Waals surface area contributed by atoms with Gasteiger partial charge >= 0.3 is 0 Å². The number of benzene rings is 1. The van der Waals surface area contributed by atoms with Gasteiger partial charge in [0.05, 0.1) is 6.20 Å². The number of nitrogens with two attached hydrogens (primary N) is 1. The Morgan fingerprint density at radius 2 is 2.00 bits per heavy atom. The van der Waals surface area contributed by atoms with Crippen molar-refractivity contribution < 1.29 is 13.5 Å². The summed E-state index contributed by atoms with van der Waals surface area (Å²) in [4.78, 5) is 0. The molecular weight excluding hydrogens is 266 g/mol. The van der Waals surface area contributed by atoms with E-state index in [-0.39, 0.29) is 12.6 Å². The van der Waals surface area contributed by atoms with Gasteiger partial charge < -0.3 is 10.5 Å². The summed E-state index contributed by atoms with van der Waals surface area (Å²) in [5.74, 6) is -1.90. The highest BCUT2D eigenvalue weighted by Crippen LogP contribution is 2.24. The van der Waals surface area contributed by atoms with Gasteiger partial charge in [0.15, 0.2) is 17.4 Å². The summed E-state index contributed by atoms with van der Waals surface area (Å²) >= 11 is 0. The van der Waals surface area contributed by atoms with Gasteiger partial charge in [-0.15, -0.1) is 5.10 Å². The molecule has 2 N–H and O–H groups in total. The number of aryl methyl sites for hydroxylation is 1. The molecule has 0 saturated heterocycles. The third-order valence-electron chi connectivity index (χ3n) is 2.63. The van der Waals surface area contributed by atoms with Gasteiger partial charge in [-0.1, -0.05) is 5.21 Å². The Balaban J connectivity index is 2.11. The molecule has 1 atom stereocenters. The maximum Gasteiger partial charge on any atom is 0.191 e. The van der Waals surface area contributed by atoms with Crippen molar-refractivity contribution in [2.24, 2.45) is 12.8 Å². The van der Waals surface area contributed by atoms with E-state index >= 15 is 0 Å². The molecule has 0 fully saturated rings. The first kappa shape index (κ1) is 14.4. The normalized spacial score (nSPS) is 12.4. The molecule has 0 amide bonds. The molecule has 7 heteroatoms. The maximum absolute atomic E-state index is 13.8. The smallest absolute Gasteiger partial charge is 0.191 e. The summed E-state index contributed by atoms with van der Waals surface area (Å²) in [5, 5.41) is 7.48. The van der Waals surface area contributed by atoms with Crippen molar-refractivity contribution in [2.45, 2.75) is 26.0 Å². The SMILES string of the molecule is CC(N)Cc1cc(F)c(OCc2cn(C)nn2)c(F)c1. The molecule has 0 radical (unpaired) electrons. The Labute approximate surface area is 115 Å². The fourth-order valence-corrected chi connectivity index (χ4v) is 1.85. The zero-order chi connectivity index (χ0) is 14.7. The van der Waals surface area contributed by atoms with Crippen LogP contribution in [-0.2, 0) is 20.1 Å². The van der Waals surface area contributed by atoms with Crippen LogP contribution in [0.1, 0.15) is 18.2 Å². The average molecular weight is 282 g/mol. The fourth-order valence-electron chi connectivity index (χ4n) is 1.85. The van der Waals surface area contributed by atoms with E-state index in [9.17, 15) is 8.78 Å². The summed E-state index contributed by atoms with van der Waals surface area (Å²) in [6, 6.07) is 2.30. The molecule has 20 heavy (non-hydrogen) atoms. The minimum atomic E-state index is -0.746. The van der Waals surface area contributed by atoms with Crippen LogP contribution in [0.15, 0.2) is 18.3 Å². The number of nitrogens with zero attached hydrogens (tertiary/aromatic N) is 3.